The molecule has 0 amide bonds. The molecule has 3 N–H and O–H groups in total. The normalized spacial score (nSPS) is 11.4. The number of anilines is 1. The van der Waals surface area contributed by atoms with Crippen molar-refractivity contribution in [3.8, 4) is 0 Å². The topological polar surface area (TPSA) is 98.2 Å². The molecule has 17 heavy (non-hydrogen) atoms. The second-order valence-corrected chi connectivity index (χ2v) is 4.85. The van der Waals surface area contributed by atoms with Gasteiger partial charge in [-0.15, -0.1) is 0 Å². The zero-order valence-electron chi connectivity index (χ0n) is 8.83. The number of furan rings is 1. The monoisotopic (exact) mass is 253 g/mol. The number of nitrogens with two attached hydrogens (primary N) is 1. The van der Waals surface area contributed by atoms with E-state index in [-0.39, 0.29) is 5.09 Å². The van der Waals surface area contributed by atoms with Crippen molar-refractivity contribution in [3.05, 3.63) is 42.4 Å². The van der Waals surface area contributed by atoms with Crippen molar-refractivity contribution < 1.29 is 12.8 Å². The summed E-state index contributed by atoms with van der Waals surface area (Å²) in [5.74, 6) is 0.484. The van der Waals surface area contributed by atoms with Crippen molar-refractivity contribution in [3.63, 3.8) is 0 Å². The number of nitrogens with one attached hydrogen (secondary N) is 1. The lowest BCUT2D eigenvalue weighted by molar-refractivity contribution is 0.419. The third-order valence-corrected chi connectivity index (χ3v) is 2.83. The van der Waals surface area contributed by atoms with Crippen LogP contribution in [0, 0.1) is 0 Å². The quantitative estimate of drug-likeness (QED) is 0.844. The molecule has 0 aliphatic rings. The molecule has 7 heteroatoms. The predicted molar refractivity (Wildman–Crippen MR) is 61.6 cm³/mol. The van der Waals surface area contributed by atoms with Crippen LogP contribution in [-0.4, -0.2) is 13.4 Å². The van der Waals surface area contributed by atoms with Gasteiger partial charge in [-0.2, -0.15) is 0 Å². The van der Waals surface area contributed by atoms with E-state index in [1.54, 1.807) is 24.5 Å². The van der Waals surface area contributed by atoms with E-state index < -0.39 is 10.0 Å². The molecule has 90 valence electrons. The maximum Gasteiger partial charge on any atom is 0.271 e. The fourth-order valence-corrected chi connectivity index (χ4v) is 1.74. The van der Waals surface area contributed by atoms with Crippen LogP contribution in [0.3, 0.4) is 0 Å². The van der Waals surface area contributed by atoms with Crippen LogP contribution >= 0.6 is 0 Å². The van der Waals surface area contributed by atoms with Crippen LogP contribution in [0.2, 0.25) is 0 Å². The summed E-state index contributed by atoms with van der Waals surface area (Å²) in [6.07, 6.45) is 3.32. The molecule has 0 saturated heterocycles. The number of primary sulfonamides is 1. The zero-order chi connectivity index (χ0) is 12.3. The molecular weight excluding hydrogens is 242 g/mol. The Hall–Kier alpha value is -1.86. The van der Waals surface area contributed by atoms with Crippen molar-refractivity contribution in [1.82, 2.24) is 4.98 Å². The van der Waals surface area contributed by atoms with Gasteiger partial charge >= 0.3 is 0 Å². The molecule has 0 aliphatic heterocycles. The lowest BCUT2D eigenvalue weighted by Crippen LogP contribution is -2.10. The predicted octanol–water partition coefficient (Wildman–Crippen LogP) is 0.934. The highest BCUT2D eigenvalue weighted by Gasteiger charge is 2.12. The largest absolute Gasteiger partial charge is 0.446 e. The number of hydrogen-bond donors (Lipinski definition) is 2. The molecule has 2 aromatic heterocycles. The maximum atomic E-state index is 11.0. The van der Waals surface area contributed by atoms with Crippen molar-refractivity contribution in [2.24, 2.45) is 5.14 Å². The Labute approximate surface area is 98.5 Å². The molecule has 0 unspecified atom stereocenters. The zero-order valence-corrected chi connectivity index (χ0v) is 9.65. The van der Waals surface area contributed by atoms with Crippen LogP contribution in [0.1, 0.15) is 5.76 Å². The van der Waals surface area contributed by atoms with Gasteiger partial charge in [-0.25, -0.2) is 13.6 Å². The lowest BCUT2D eigenvalue weighted by Gasteiger charge is -2.02. The molecule has 0 aromatic carbocycles. The van der Waals surface area contributed by atoms with E-state index in [1.165, 1.54) is 6.07 Å². The molecule has 0 spiro atoms. The second kappa shape index (κ2) is 4.56. The number of nitrogens with zero attached hydrogens (tertiary/aromatic N) is 1. The Morgan fingerprint density at radius 3 is 2.76 bits per heavy atom. The summed E-state index contributed by atoms with van der Waals surface area (Å²) in [6.45, 7) is 0.362. The fraction of sp³-hybridized carbons (Fsp3) is 0.100. The molecule has 2 rings (SSSR count). The molecule has 0 aliphatic carbocycles. The molecule has 0 fully saturated rings. The first kappa shape index (κ1) is 11.6. The summed E-state index contributed by atoms with van der Waals surface area (Å²) in [6, 6.07) is 6.52. The Morgan fingerprint density at radius 2 is 2.18 bits per heavy atom. The van der Waals surface area contributed by atoms with E-state index >= 15 is 0 Å². The van der Waals surface area contributed by atoms with Gasteiger partial charge < -0.3 is 9.73 Å². The standard InChI is InChI=1S/C10H11N3O3S/c11-17(14,15)10-4-3-9(16-10)7-13-8-2-1-5-12-6-8/h1-6,13H,7H2,(H2,11,14,15). The molecule has 2 aromatic rings. The first-order valence-corrected chi connectivity index (χ1v) is 6.36. The first-order chi connectivity index (χ1) is 8.05. The molecule has 2 heterocycles. The van der Waals surface area contributed by atoms with E-state index in [0.717, 1.165) is 5.69 Å². The van der Waals surface area contributed by atoms with Gasteiger partial charge in [0.25, 0.3) is 10.0 Å². The fourth-order valence-electron chi connectivity index (χ4n) is 1.26. The van der Waals surface area contributed by atoms with E-state index in [9.17, 15) is 8.42 Å². The van der Waals surface area contributed by atoms with Crippen LogP contribution in [0.25, 0.3) is 0 Å². The summed E-state index contributed by atoms with van der Waals surface area (Å²) >= 11 is 0. The summed E-state index contributed by atoms with van der Waals surface area (Å²) in [5.41, 5.74) is 0.820. The number of hydrogen-bond acceptors (Lipinski definition) is 5. The molecule has 0 radical (unpaired) electrons. The number of rotatable bonds is 4. The van der Waals surface area contributed by atoms with Gasteiger partial charge in [0.15, 0.2) is 0 Å². The Morgan fingerprint density at radius 1 is 1.35 bits per heavy atom. The molecule has 6 nitrogen and oxygen atoms in total. The molecule has 0 saturated carbocycles. The average molecular weight is 253 g/mol. The minimum Gasteiger partial charge on any atom is -0.446 e. The molecule has 0 bridgehead atoms. The minimum absolute atomic E-state index is 0.236. The minimum atomic E-state index is -3.77. The second-order valence-electron chi connectivity index (χ2n) is 3.36. The van der Waals surface area contributed by atoms with E-state index in [4.69, 9.17) is 9.56 Å². The van der Waals surface area contributed by atoms with E-state index in [0.29, 0.717) is 12.3 Å². The number of sulfonamides is 1. The van der Waals surface area contributed by atoms with Crippen molar-refractivity contribution in [1.29, 1.82) is 0 Å². The molecule has 0 atom stereocenters. The number of pyridine rings is 1. The molecular formula is C10H11N3O3S. The van der Waals surface area contributed by atoms with Gasteiger partial charge in [0.05, 0.1) is 12.2 Å². The summed E-state index contributed by atoms with van der Waals surface area (Å²) in [4.78, 5) is 3.93. The summed E-state index contributed by atoms with van der Waals surface area (Å²) in [5, 5.41) is 7.72. The highest BCUT2D eigenvalue weighted by atomic mass is 32.2. The third kappa shape index (κ3) is 3.05. The van der Waals surface area contributed by atoms with Crippen LogP contribution < -0.4 is 10.5 Å². The van der Waals surface area contributed by atoms with Crippen LogP contribution in [0.5, 0.6) is 0 Å². The van der Waals surface area contributed by atoms with Gasteiger partial charge in [0, 0.05) is 12.4 Å². The average Bonchev–Trinajstić information content (AvgIpc) is 2.76. The third-order valence-electron chi connectivity index (χ3n) is 2.05. The van der Waals surface area contributed by atoms with Gasteiger partial charge in [-0.3, -0.25) is 4.98 Å². The smallest absolute Gasteiger partial charge is 0.271 e. The van der Waals surface area contributed by atoms with Crippen LogP contribution in [0.4, 0.5) is 5.69 Å². The van der Waals surface area contributed by atoms with Gasteiger partial charge in [0.1, 0.15) is 5.76 Å². The van der Waals surface area contributed by atoms with Gasteiger partial charge in [-0.05, 0) is 24.3 Å². The van der Waals surface area contributed by atoms with Crippen LogP contribution in [-0.2, 0) is 16.6 Å². The Balaban J connectivity index is 2.04. The summed E-state index contributed by atoms with van der Waals surface area (Å²) < 4.78 is 27.0. The van der Waals surface area contributed by atoms with E-state index in [1.807, 2.05) is 6.07 Å². The van der Waals surface area contributed by atoms with Gasteiger partial charge in [0.2, 0.25) is 5.09 Å². The maximum absolute atomic E-state index is 11.0. The number of aromatic nitrogens is 1. The van der Waals surface area contributed by atoms with Crippen LogP contribution in [0.15, 0.2) is 46.2 Å². The van der Waals surface area contributed by atoms with Crippen molar-refractivity contribution in [2.45, 2.75) is 11.6 Å². The lowest BCUT2D eigenvalue weighted by atomic mass is 10.4. The van der Waals surface area contributed by atoms with E-state index in [2.05, 4.69) is 10.3 Å². The SMILES string of the molecule is NS(=O)(=O)c1ccc(CNc2cccnc2)o1. The summed E-state index contributed by atoms with van der Waals surface area (Å²) in [7, 11) is -3.77. The first-order valence-electron chi connectivity index (χ1n) is 4.81. The van der Waals surface area contributed by atoms with Gasteiger partial charge in [-0.1, -0.05) is 0 Å². The Kier molecular flexibility index (Phi) is 3.12. The Bertz CT molecular complexity index is 592. The highest BCUT2D eigenvalue weighted by Crippen LogP contribution is 2.13. The van der Waals surface area contributed by atoms with Crippen molar-refractivity contribution >= 4 is 15.7 Å². The van der Waals surface area contributed by atoms with Crippen molar-refractivity contribution in [2.75, 3.05) is 5.32 Å². The highest BCUT2D eigenvalue weighted by molar-refractivity contribution is 7.89.